The lowest BCUT2D eigenvalue weighted by atomic mass is 9.98. The molecule has 0 aliphatic heterocycles. The monoisotopic (exact) mass is 212 g/mol. The number of nitrogens with zero attached hydrogens (tertiary/aromatic N) is 1. The van der Waals surface area contributed by atoms with Crippen LogP contribution in [-0.2, 0) is 4.74 Å². The maximum absolute atomic E-state index is 8.70. The van der Waals surface area contributed by atoms with Gasteiger partial charge in [0.15, 0.2) is 0 Å². The summed E-state index contributed by atoms with van der Waals surface area (Å²) in [6.45, 7) is 6.81. The molecule has 0 aromatic carbocycles. The van der Waals surface area contributed by atoms with Gasteiger partial charge in [0.2, 0.25) is 0 Å². The van der Waals surface area contributed by atoms with Crippen LogP contribution in [0.2, 0.25) is 0 Å². The van der Waals surface area contributed by atoms with Crippen LogP contribution in [0.3, 0.4) is 0 Å². The maximum Gasteiger partial charge on any atom is 0.101 e. The van der Waals surface area contributed by atoms with Gasteiger partial charge in [0, 0.05) is 6.61 Å². The van der Waals surface area contributed by atoms with Gasteiger partial charge in [-0.1, -0.05) is 13.3 Å². The number of hydrogen-bond donors (Lipinski definition) is 1. The average Bonchev–Trinajstić information content (AvgIpc) is 2.17. The molecule has 0 amide bonds. The van der Waals surface area contributed by atoms with E-state index in [-0.39, 0.29) is 0 Å². The van der Waals surface area contributed by atoms with Crippen molar-refractivity contribution in [2.75, 3.05) is 6.61 Å². The standard InChI is InChI=1S/C12H24N2O/c1-4-7-11(2)15-9-6-5-8-12(3,14)10-13/h11H,4-9,14H2,1-3H3. The molecule has 0 saturated heterocycles. The highest BCUT2D eigenvalue weighted by Gasteiger charge is 2.15. The fourth-order valence-electron chi connectivity index (χ4n) is 1.42. The first-order valence-electron chi connectivity index (χ1n) is 5.83. The molecule has 2 atom stereocenters. The summed E-state index contributed by atoms with van der Waals surface area (Å²) in [6, 6.07) is 2.10. The minimum Gasteiger partial charge on any atom is -0.379 e. The third-order valence-electron chi connectivity index (χ3n) is 2.44. The van der Waals surface area contributed by atoms with Crippen LogP contribution in [-0.4, -0.2) is 18.2 Å². The van der Waals surface area contributed by atoms with Gasteiger partial charge in [0.25, 0.3) is 0 Å². The van der Waals surface area contributed by atoms with Crippen LogP contribution in [0.15, 0.2) is 0 Å². The van der Waals surface area contributed by atoms with Crippen LogP contribution >= 0.6 is 0 Å². The summed E-state index contributed by atoms with van der Waals surface area (Å²) in [6.07, 6.45) is 5.33. The van der Waals surface area contributed by atoms with Crippen molar-refractivity contribution in [3.8, 4) is 6.07 Å². The first-order valence-corrected chi connectivity index (χ1v) is 5.83. The Bertz CT molecular complexity index is 196. The van der Waals surface area contributed by atoms with E-state index >= 15 is 0 Å². The first-order chi connectivity index (χ1) is 7.02. The molecular formula is C12H24N2O. The molecule has 0 saturated carbocycles. The van der Waals surface area contributed by atoms with Crippen molar-refractivity contribution in [2.45, 2.75) is 64.5 Å². The summed E-state index contributed by atoms with van der Waals surface area (Å²) in [5, 5.41) is 8.70. The molecule has 2 N–H and O–H groups in total. The van der Waals surface area contributed by atoms with Crippen LogP contribution in [0, 0.1) is 11.3 Å². The van der Waals surface area contributed by atoms with Gasteiger partial charge in [-0.2, -0.15) is 5.26 Å². The zero-order chi connectivity index (χ0) is 11.7. The van der Waals surface area contributed by atoms with Gasteiger partial charge in [-0.15, -0.1) is 0 Å². The summed E-state index contributed by atoms with van der Waals surface area (Å²) >= 11 is 0. The zero-order valence-corrected chi connectivity index (χ0v) is 10.3. The van der Waals surface area contributed by atoms with Gasteiger partial charge >= 0.3 is 0 Å². The Morgan fingerprint density at radius 3 is 2.67 bits per heavy atom. The summed E-state index contributed by atoms with van der Waals surface area (Å²) in [5.74, 6) is 0. The third-order valence-corrected chi connectivity index (χ3v) is 2.44. The number of unbranched alkanes of at least 4 members (excludes halogenated alkanes) is 1. The van der Waals surface area contributed by atoms with E-state index in [1.54, 1.807) is 6.92 Å². The minimum atomic E-state index is -0.672. The SMILES string of the molecule is CCCC(C)OCCCCC(C)(N)C#N. The minimum absolute atomic E-state index is 0.357. The number of nitriles is 1. The Kier molecular flexibility index (Phi) is 7.37. The van der Waals surface area contributed by atoms with Gasteiger partial charge in [-0.05, 0) is 39.5 Å². The number of ether oxygens (including phenoxy) is 1. The molecule has 0 fully saturated rings. The van der Waals surface area contributed by atoms with Crippen molar-refractivity contribution < 1.29 is 4.74 Å². The van der Waals surface area contributed by atoms with E-state index in [0.29, 0.717) is 6.10 Å². The van der Waals surface area contributed by atoms with E-state index in [1.165, 1.54) is 0 Å². The summed E-state index contributed by atoms with van der Waals surface area (Å²) < 4.78 is 5.61. The lowest BCUT2D eigenvalue weighted by Gasteiger charge is -2.15. The normalized spacial score (nSPS) is 16.7. The zero-order valence-electron chi connectivity index (χ0n) is 10.3. The Hall–Kier alpha value is -0.590. The predicted molar refractivity (Wildman–Crippen MR) is 62.4 cm³/mol. The molecule has 15 heavy (non-hydrogen) atoms. The molecule has 0 heterocycles. The summed E-state index contributed by atoms with van der Waals surface area (Å²) in [4.78, 5) is 0. The molecule has 88 valence electrons. The van der Waals surface area contributed by atoms with E-state index < -0.39 is 5.54 Å². The van der Waals surface area contributed by atoms with Gasteiger partial charge < -0.3 is 10.5 Å². The van der Waals surface area contributed by atoms with Crippen LogP contribution in [0.25, 0.3) is 0 Å². The second-order valence-corrected chi connectivity index (χ2v) is 4.46. The van der Waals surface area contributed by atoms with E-state index in [0.717, 1.165) is 38.7 Å². The lowest BCUT2D eigenvalue weighted by molar-refractivity contribution is 0.0567. The molecule has 3 nitrogen and oxygen atoms in total. The highest BCUT2D eigenvalue weighted by Crippen LogP contribution is 2.10. The lowest BCUT2D eigenvalue weighted by Crippen LogP contribution is -2.33. The molecule has 0 rings (SSSR count). The van der Waals surface area contributed by atoms with Crippen LogP contribution in [0.4, 0.5) is 0 Å². The molecule has 0 bridgehead atoms. The van der Waals surface area contributed by atoms with E-state index in [4.69, 9.17) is 15.7 Å². The highest BCUT2D eigenvalue weighted by atomic mass is 16.5. The van der Waals surface area contributed by atoms with Gasteiger partial charge in [0.1, 0.15) is 5.54 Å². The van der Waals surface area contributed by atoms with Gasteiger partial charge in [-0.3, -0.25) is 0 Å². The Balaban J connectivity index is 3.37. The Morgan fingerprint density at radius 2 is 2.13 bits per heavy atom. The number of nitrogens with two attached hydrogens (primary N) is 1. The average molecular weight is 212 g/mol. The van der Waals surface area contributed by atoms with Crippen molar-refractivity contribution in [3.63, 3.8) is 0 Å². The van der Waals surface area contributed by atoms with Gasteiger partial charge in [-0.25, -0.2) is 0 Å². The Labute approximate surface area is 93.6 Å². The topological polar surface area (TPSA) is 59.0 Å². The molecule has 0 aromatic rings. The van der Waals surface area contributed by atoms with E-state index in [2.05, 4.69) is 19.9 Å². The molecule has 0 aliphatic rings. The number of rotatable bonds is 8. The molecule has 0 aromatic heterocycles. The second-order valence-electron chi connectivity index (χ2n) is 4.46. The van der Waals surface area contributed by atoms with Crippen LogP contribution in [0.1, 0.15) is 52.9 Å². The first kappa shape index (κ1) is 14.4. The predicted octanol–water partition coefficient (Wildman–Crippen LogP) is 2.60. The van der Waals surface area contributed by atoms with Crippen molar-refractivity contribution in [1.29, 1.82) is 5.26 Å². The molecule has 0 radical (unpaired) electrons. The van der Waals surface area contributed by atoms with Gasteiger partial charge in [0.05, 0.1) is 12.2 Å². The fourth-order valence-corrected chi connectivity index (χ4v) is 1.42. The molecular weight excluding hydrogens is 188 g/mol. The molecule has 2 unspecified atom stereocenters. The smallest absolute Gasteiger partial charge is 0.101 e. The van der Waals surface area contributed by atoms with Crippen molar-refractivity contribution >= 4 is 0 Å². The largest absolute Gasteiger partial charge is 0.379 e. The second kappa shape index (κ2) is 7.67. The fraction of sp³-hybridized carbons (Fsp3) is 0.917. The summed E-state index contributed by atoms with van der Waals surface area (Å²) in [7, 11) is 0. The molecule has 0 spiro atoms. The third kappa shape index (κ3) is 8.41. The van der Waals surface area contributed by atoms with Crippen LogP contribution < -0.4 is 5.73 Å². The Morgan fingerprint density at radius 1 is 1.47 bits per heavy atom. The number of hydrogen-bond acceptors (Lipinski definition) is 3. The van der Waals surface area contributed by atoms with Crippen molar-refractivity contribution in [1.82, 2.24) is 0 Å². The van der Waals surface area contributed by atoms with Crippen molar-refractivity contribution in [2.24, 2.45) is 5.73 Å². The van der Waals surface area contributed by atoms with Crippen molar-refractivity contribution in [3.05, 3.63) is 0 Å². The summed E-state index contributed by atoms with van der Waals surface area (Å²) in [5.41, 5.74) is 5.03. The van der Waals surface area contributed by atoms with E-state index in [9.17, 15) is 0 Å². The molecule has 0 aliphatic carbocycles. The maximum atomic E-state index is 8.70. The highest BCUT2D eigenvalue weighted by molar-refractivity contribution is 5.00. The van der Waals surface area contributed by atoms with E-state index in [1.807, 2.05) is 0 Å². The quantitative estimate of drug-likeness (QED) is 0.629. The molecule has 3 heteroatoms. The van der Waals surface area contributed by atoms with Crippen LogP contribution in [0.5, 0.6) is 0 Å².